The monoisotopic (exact) mass is 461 g/mol. The standard InChI is InChI=1S/C23H26F3N5O2/c1-29-10-9-17(13-29)30(2)19-5-3-4-6-20(19)31(14-32)12-16-8-7-15(11-18(16)24)22-27-28-23(33-22)21(25)26/h3-8,11,14,17,21,23,28H,9-10,12-13H2,1-2H3. The minimum atomic E-state index is -2.76. The van der Waals surface area contributed by atoms with E-state index in [4.69, 9.17) is 4.74 Å². The summed E-state index contributed by atoms with van der Waals surface area (Å²) in [7, 11) is 4.08. The van der Waals surface area contributed by atoms with Crippen LogP contribution in [0.4, 0.5) is 24.5 Å². The Hall–Kier alpha value is -3.27. The highest BCUT2D eigenvalue weighted by atomic mass is 19.3. The van der Waals surface area contributed by atoms with Crippen molar-refractivity contribution in [2.24, 2.45) is 5.10 Å². The van der Waals surface area contributed by atoms with Crippen LogP contribution in [0.25, 0.3) is 0 Å². The van der Waals surface area contributed by atoms with E-state index in [0.29, 0.717) is 18.1 Å². The first kappa shape index (κ1) is 22.9. The van der Waals surface area contributed by atoms with Gasteiger partial charge in [0.2, 0.25) is 18.5 Å². The predicted octanol–water partition coefficient (Wildman–Crippen LogP) is 3.00. The maximum atomic E-state index is 14.9. The second kappa shape index (κ2) is 9.70. The number of carbonyl (C=O) groups is 1. The molecule has 0 bridgehead atoms. The summed E-state index contributed by atoms with van der Waals surface area (Å²) in [4.78, 5) is 17.9. The molecule has 10 heteroatoms. The van der Waals surface area contributed by atoms with E-state index in [9.17, 15) is 18.0 Å². The van der Waals surface area contributed by atoms with Crippen molar-refractivity contribution < 1.29 is 22.7 Å². The van der Waals surface area contributed by atoms with Gasteiger partial charge in [-0.1, -0.05) is 18.2 Å². The number of halogens is 3. The molecule has 1 saturated heterocycles. The summed E-state index contributed by atoms with van der Waals surface area (Å²) in [6.07, 6.45) is -2.62. The number of para-hydroxylation sites is 2. The lowest BCUT2D eigenvalue weighted by Gasteiger charge is -2.31. The Morgan fingerprint density at radius 2 is 2.03 bits per heavy atom. The van der Waals surface area contributed by atoms with Crippen LogP contribution in [0.15, 0.2) is 47.6 Å². The summed E-state index contributed by atoms with van der Waals surface area (Å²) in [5, 5.41) is 3.70. The molecule has 2 atom stereocenters. The smallest absolute Gasteiger partial charge is 0.294 e. The van der Waals surface area contributed by atoms with Crippen molar-refractivity contribution in [1.82, 2.24) is 10.3 Å². The molecule has 1 N–H and O–H groups in total. The summed E-state index contributed by atoms with van der Waals surface area (Å²) in [6, 6.07) is 12.1. The minimum Gasteiger partial charge on any atom is -0.445 e. The van der Waals surface area contributed by atoms with Gasteiger partial charge in [-0.25, -0.2) is 13.2 Å². The van der Waals surface area contributed by atoms with Gasteiger partial charge in [0, 0.05) is 30.8 Å². The van der Waals surface area contributed by atoms with E-state index in [-0.39, 0.29) is 23.6 Å². The van der Waals surface area contributed by atoms with Crippen LogP contribution in [0, 0.1) is 5.82 Å². The number of ether oxygens (including phenoxy) is 1. The van der Waals surface area contributed by atoms with E-state index in [1.165, 1.54) is 23.1 Å². The topological polar surface area (TPSA) is 60.4 Å². The highest BCUT2D eigenvalue weighted by Crippen LogP contribution is 2.32. The maximum Gasteiger partial charge on any atom is 0.294 e. The Kier molecular flexibility index (Phi) is 6.73. The molecule has 2 aliphatic rings. The molecule has 2 aromatic carbocycles. The van der Waals surface area contributed by atoms with E-state index < -0.39 is 18.5 Å². The van der Waals surface area contributed by atoms with E-state index in [1.54, 1.807) is 0 Å². The normalized spacial score (nSPS) is 20.4. The van der Waals surface area contributed by atoms with Crippen LogP contribution < -0.4 is 15.2 Å². The Balaban J connectivity index is 1.53. The number of carbonyl (C=O) groups excluding carboxylic acids is 1. The first-order valence-corrected chi connectivity index (χ1v) is 10.7. The zero-order valence-electron chi connectivity index (χ0n) is 18.4. The molecular formula is C23H26F3N5O2. The number of anilines is 2. The van der Waals surface area contributed by atoms with Crippen molar-refractivity contribution in [2.75, 3.05) is 37.0 Å². The second-order valence-electron chi connectivity index (χ2n) is 8.26. The highest BCUT2D eigenvalue weighted by Gasteiger charge is 2.29. The lowest BCUT2D eigenvalue weighted by atomic mass is 10.1. The average molecular weight is 461 g/mol. The third-order valence-electron chi connectivity index (χ3n) is 6.01. The molecule has 1 amide bonds. The summed E-state index contributed by atoms with van der Waals surface area (Å²) in [5.74, 6) is -0.694. The molecule has 1 fully saturated rings. The van der Waals surface area contributed by atoms with Crippen LogP contribution in [0.3, 0.4) is 0 Å². The highest BCUT2D eigenvalue weighted by molar-refractivity contribution is 5.95. The predicted molar refractivity (Wildman–Crippen MR) is 120 cm³/mol. The van der Waals surface area contributed by atoms with Gasteiger partial charge in [-0.3, -0.25) is 10.2 Å². The zero-order valence-corrected chi connectivity index (χ0v) is 18.4. The number of rotatable bonds is 8. The molecule has 176 valence electrons. The largest absolute Gasteiger partial charge is 0.445 e. The molecular weight excluding hydrogens is 435 g/mol. The Morgan fingerprint density at radius 3 is 2.64 bits per heavy atom. The van der Waals surface area contributed by atoms with Crippen molar-refractivity contribution in [3.8, 4) is 0 Å². The first-order chi connectivity index (χ1) is 15.9. The molecule has 0 radical (unpaired) electrons. The number of hydrazone groups is 1. The third-order valence-corrected chi connectivity index (χ3v) is 6.01. The van der Waals surface area contributed by atoms with Gasteiger partial charge in [0.05, 0.1) is 17.9 Å². The molecule has 4 rings (SSSR count). The van der Waals surface area contributed by atoms with Crippen molar-refractivity contribution in [3.63, 3.8) is 0 Å². The van der Waals surface area contributed by atoms with Gasteiger partial charge in [-0.05, 0) is 44.3 Å². The number of benzene rings is 2. The Morgan fingerprint density at radius 1 is 1.27 bits per heavy atom. The average Bonchev–Trinajstić information content (AvgIpc) is 3.47. The molecule has 7 nitrogen and oxygen atoms in total. The van der Waals surface area contributed by atoms with Crippen LogP contribution >= 0.6 is 0 Å². The molecule has 0 saturated carbocycles. The van der Waals surface area contributed by atoms with Gasteiger partial charge in [0.1, 0.15) is 5.82 Å². The fourth-order valence-corrected chi connectivity index (χ4v) is 4.14. The quantitative estimate of drug-likeness (QED) is 0.613. The van der Waals surface area contributed by atoms with Crippen LogP contribution in [0.5, 0.6) is 0 Å². The second-order valence-corrected chi connectivity index (χ2v) is 8.26. The summed E-state index contributed by atoms with van der Waals surface area (Å²) < 4.78 is 45.4. The van der Waals surface area contributed by atoms with Gasteiger partial charge in [0.25, 0.3) is 6.43 Å². The molecule has 0 aliphatic carbocycles. The molecule has 2 heterocycles. The molecule has 33 heavy (non-hydrogen) atoms. The van der Waals surface area contributed by atoms with Crippen molar-refractivity contribution in [2.45, 2.75) is 31.7 Å². The van der Waals surface area contributed by atoms with Gasteiger partial charge < -0.3 is 19.4 Å². The van der Waals surface area contributed by atoms with Crippen molar-refractivity contribution in [1.29, 1.82) is 0 Å². The van der Waals surface area contributed by atoms with E-state index in [0.717, 1.165) is 25.2 Å². The first-order valence-electron chi connectivity index (χ1n) is 10.7. The Bertz CT molecular complexity index is 1030. The van der Waals surface area contributed by atoms with E-state index in [2.05, 4.69) is 27.4 Å². The number of alkyl halides is 2. The van der Waals surface area contributed by atoms with Gasteiger partial charge in [-0.15, -0.1) is 5.10 Å². The summed E-state index contributed by atoms with van der Waals surface area (Å²) in [5.41, 5.74) is 4.25. The third kappa shape index (κ3) is 4.90. The molecule has 0 spiro atoms. The van der Waals surface area contributed by atoms with E-state index in [1.807, 2.05) is 31.3 Å². The summed E-state index contributed by atoms with van der Waals surface area (Å²) >= 11 is 0. The number of likely N-dealkylation sites (tertiary alicyclic amines) is 1. The van der Waals surface area contributed by atoms with Crippen molar-refractivity contribution in [3.05, 3.63) is 59.4 Å². The fourth-order valence-electron chi connectivity index (χ4n) is 4.14. The van der Waals surface area contributed by atoms with Gasteiger partial charge >= 0.3 is 0 Å². The fraction of sp³-hybridized carbons (Fsp3) is 0.391. The number of amides is 1. The number of nitrogens with one attached hydrogen (secondary N) is 1. The lowest BCUT2D eigenvalue weighted by Crippen LogP contribution is -2.35. The number of hydrogen-bond donors (Lipinski definition) is 1. The maximum absolute atomic E-state index is 14.9. The van der Waals surface area contributed by atoms with Crippen LogP contribution in [-0.4, -0.2) is 63.1 Å². The van der Waals surface area contributed by atoms with Crippen LogP contribution in [0.1, 0.15) is 17.5 Å². The number of hydrogen-bond acceptors (Lipinski definition) is 6. The number of nitrogens with zero attached hydrogens (tertiary/aromatic N) is 4. The lowest BCUT2D eigenvalue weighted by molar-refractivity contribution is -0.107. The molecule has 0 aromatic heterocycles. The minimum absolute atomic E-state index is 0.0102. The van der Waals surface area contributed by atoms with Gasteiger partial charge in [0.15, 0.2) is 0 Å². The Labute approximate surface area is 190 Å². The van der Waals surface area contributed by atoms with Crippen LogP contribution in [0.2, 0.25) is 0 Å². The summed E-state index contributed by atoms with van der Waals surface area (Å²) in [6.45, 7) is 1.94. The van der Waals surface area contributed by atoms with Gasteiger partial charge in [-0.2, -0.15) is 0 Å². The molecule has 2 aliphatic heterocycles. The van der Waals surface area contributed by atoms with Crippen molar-refractivity contribution >= 4 is 23.7 Å². The molecule has 2 unspecified atom stereocenters. The van der Waals surface area contributed by atoms with E-state index >= 15 is 0 Å². The zero-order chi connectivity index (χ0) is 23.5. The SMILES string of the molecule is CN1CCC(N(C)c2ccccc2N(C=O)Cc2ccc(C3=NNC(C(F)F)O3)cc2F)C1. The number of likely N-dealkylation sites (N-methyl/N-ethyl adjacent to an activating group) is 2. The van der Waals surface area contributed by atoms with Crippen LogP contribution in [-0.2, 0) is 16.1 Å². The molecule has 2 aromatic rings.